The van der Waals surface area contributed by atoms with Gasteiger partial charge in [0.25, 0.3) is 0 Å². The van der Waals surface area contributed by atoms with Crippen molar-refractivity contribution in [3.05, 3.63) is 35.1 Å². The molecule has 1 fully saturated rings. The third-order valence-corrected chi connectivity index (χ3v) is 4.85. The van der Waals surface area contributed by atoms with E-state index in [2.05, 4.69) is 26.7 Å². The van der Waals surface area contributed by atoms with Gasteiger partial charge in [0.1, 0.15) is 11.3 Å². The molecule has 0 radical (unpaired) electrons. The summed E-state index contributed by atoms with van der Waals surface area (Å²) in [7, 11) is 0. The van der Waals surface area contributed by atoms with Crippen molar-refractivity contribution in [1.29, 1.82) is 0 Å². The molecule has 1 saturated heterocycles. The summed E-state index contributed by atoms with van der Waals surface area (Å²) in [5, 5.41) is 0. The molecule has 0 N–H and O–H groups in total. The van der Waals surface area contributed by atoms with Gasteiger partial charge in [0.2, 0.25) is 0 Å². The Morgan fingerprint density at radius 2 is 2.16 bits per heavy atom. The predicted octanol–water partition coefficient (Wildman–Crippen LogP) is 4.23. The minimum Gasteiger partial charge on any atom is -0.362 e. The number of terminal acetylenes is 1. The summed E-state index contributed by atoms with van der Waals surface area (Å²) in [6.45, 7) is 7.40. The second-order valence-electron chi connectivity index (χ2n) is 5.95. The van der Waals surface area contributed by atoms with Gasteiger partial charge in [0.05, 0.1) is 12.2 Å². The van der Waals surface area contributed by atoms with Gasteiger partial charge in [-0.3, -0.25) is 0 Å². The van der Waals surface area contributed by atoms with Gasteiger partial charge < -0.3 is 4.74 Å². The van der Waals surface area contributed by atoms with E-state index in [0.717, 1.165) is 17.9 Å². The Hall–Kier alpha value is -0.980. The molecular formula is C16H19FOS. The first-order chi connectivity index (χ1) is 8.91. The molecule has 2 rings (SSSR count). The zero-order valence-electron chi connectivity index (χ0n) is 11.6. The third kappa shape index (κ3) is 3.32. The monoisotopic (exact) mass is 278 g/mol. The van der Waals surface area contributed by atoms with Crippen molar-refractivity contribution in [2.24, 2.45) is 11.3 Å². The van der Waals surface area contributed by atoms with Crippen molar-refractivity contribution >= 4 is 11.8 Å². The zero-order valence-corrected chi connectivity index (χ0v) is 12.4. The van der Waals surface area contributed by atoms with Crippen molar-refractivity contribution in [1.82, 2.24) is 0 Å². The SMILES string of the molecule is C#Cc1ccc(C2OCC(C(C)(C)C)CS2)cc1F. The highest BCUT2D eigenvalue weighted by Crippen LogP contribution is 2.41. The van der Waals surface area contributed by atoms with Gasteiger partial charge in [0.15, 0.2) is 0 Å². The molecule has 102 valence electrons. The molecule has 1 nitrogen and oxygen atoms in total. The Labute approximate surface area is 118 Å². The lowest BCUT2D eigenvalue weighted by atomic mass is 9.82. The van der Waals surface area contributed by atoms with Gasteiger partial charge >= 0.3 is 0 Å². The molecule has 0 spiro atoms. The summed E-state index contributed by atoms with van der Waals surface area (Å²) in [5.41, 5.74) is 1.32. The molecule has 0 aliphatic carbocycles. The average molecular weight is 278 g/mol. The van der Waals surface area contributed by atoms with E-state index in [1.54, 1.807) is 17.8 Å². The van der Waals surface area contributed by atoms with Crippen molar-refractivity contribution in [3.8, 4) is 12.3 Å². The van der Waals surface area contributed by atoms with E-state index in [4.69, 9.17) is 11.2 Å². The molecule has 1 aliphatic rings. The minimum absolute atomic E-state index is 0.0834. The molecule has 1 aromatic rings. The van der Waals surface area contributed by atoms with Crippen LogP contribution in [0.1, 0.15) is 37.3 Å². The largest absolute Gasteiger partial charge is 0.362 e. The highest BCUT2D eigenvalue weighted by atomic mass is 32.2. The topological polar surface area (TPSA) is 9.23 Å². The van der Waals surface area contributed by atoms with E-state index in [1.807, 2.05) is 6.07 Å². The second-order valence-corrected chi connectivity index (χ2v) is 7.04. The summed E-state index contributed by atoms with van der Waals surface area (Å²) in [5.74, 6) is 3.55. The molecule has 1 aliphatic heterocycles. The molecule has 1 heterocycles. The van der Waals surface area contributed by atoms with Crippen LogP contribution in [0.25, 0.3) is 0 Å². The lowest BCUT2D eigenvalue weighted by Gasteiger charge is -2.36. The maximum atomic E-state index is 13.7. The fourth-order valence-corrected chi connectivity index (χ4v) is 3.51. The summed E-state index contributed by atoms with van der Waals surface area (Å²) >= 11 is 1.73. The number of hydrogen-bond acceptors (Lipinski definition) is 2. The van der Waals surface area contributed by atoms with Gasteiger partial charge in [0, 0.05) is 5.75 Å². The summed E-state index contributed by atoms with van der Waals surface area (Å²) in [6, 6.07) is 4.99. The van der Waals surface area contributed by atoms with E-state index in [1.165, 1.54) is 6.07 Å². The second kappa shape index (κ2) is 5.56. The van der Waals surface area contributed by atoms with E-state index in [-0.39, 0.29) is 16.7 Å². The van der Waals surface area contributed by atoms with Crippen molar-refractivity contribution in [2.75, 3.05) is 12.4 Å². The van der Waals surface area contributed by atoms with Crippen LogP contribution in [0.2, 0.25) is 0 Å². The quantitative estimate of drug-likeness (QED) is 0.711. The van der Waals surface area contributed by atoms with E-state index >= 15 is 0 Å². The lowest BCUT2D eigenvalue weighted by Crippen LogP contribution is -2.31. The molecule has 2 atom stereocenters. The fourth-order valence-electron chi connectivity index (χ4n) is 1.99. The molecule has 0 bridgehead atoms. The van der Waals surface area contributed by atoms with Crippen LogP contribution in [0.4, 0.5) is 4.39 Å². The van der Waals surface area contributed by atoms with E-state index in [9.17, 15) is 4.39 Å². The normalized spacial score (nSPS) is 23.9. The number of thioether (sulfide) groups is 1. The van der Waals surface area contributed by atoms with Gasteiger partial charge in [-0.15, -0.1) is 18.2 Å². The van der Waals surface area contributed by atoms with Crippen LogP contribution in [0.3, 0.4) is 0 Å². The highest BCUT2D eigenvalue weighted by Gasteiger charge is 2.31. The fraction of sp³-hybridized carbons (Fsp3) is 0.500. The first kappa shape index (κ1) is 14.4. The number of halogens is 1. The Balaban J connectivity index is 2.06. The third-order valence-electron chi connectivity index (χ3n) is 3.54. The van der Waals surface area contributed by atoms with E-state index in [0.29, 0.717) is 11.5 Å². The Morgan fingerprint density at radius 3 is 2.63 bits per heavy atom. The van der Waals surface area contributed by atoms with Crippen LogP contribution in [0.15, 0.2) is 18.2 Å². The first-order valence-electron chi connectivity index (χ1n) is 6.41. The average Bonchev–Trinajstić information content (AvgIpc) is 2.38. The zero-order chi connectivity index (χ0) is 14.0. The summed E-state index contributed by atoms with van der Waals surface area (Å²) in [4.78, 5) is 0. The first-order valence-corrected chi connectivity index (χ1v) is 7.46. The molecule has 3 heteroatoms. The maximum absolute atomic E-state index is 13.7. The Morgan fingerprint density at radius 1 is 1.42 bits per heavy atom. The van der Waals surface area contributed by atoms with Crippen LogP contribution in [-0.4, -0.2) is 12.4 Å². The smallest absolute Gasteiger partial charge is 0.139 e. The highest BCUT2D eigenvalue weighted by molar-refractivity contribution is 7.99. The van der Waals surface area contributed by atoms with Crippen molar-refractivity contribution in [3.63, 3.8) is 0 Å². The number of rotatable bonds is 1. The Bertz CT molecular complexity index is 490. The van der Waals surface area contributed by atoms with Crippen molar-refractivity contribution < 1.29 is 9.13 Å². The van der Waals surface area contributed by atoms with Crippen LogP contribution in [0, 0.1) is 29.5 Å². The summed E-state index contributed by atoms with van der Waals surface area (Å²) in [6.07, 6.45) is 5.22. The molecule has 0 aromatic heterocycles. The molecule has 0 amide bonds. The van der Waals surface area contributed by atoms with Gasteiger partial charge in [-0.1, -0.05) is 32.8 Å². The molecule has 0 saturated carbocycles. The lowest BCUT2D eigenvalue weighted by molar-refractivity contribution is 0.0394. The predicted molar refractivity (Wildman–Crippen MR) is 78.4 cm³/mol. The maximum Gasteiger partial charge on any atom is 0.139 e. The molecule has 19 heavy (non-hydrogen) atoms. The summed E-state index contributed by atoms with van der Waals surface area (Å²) < 4.78 is 19.5. The number of hydrogen-bond donors (Lipinski definition) is 0. The van der Waals surface area contributed by atoms with Crippen LogP contribution < -0.4 is 0 Å². The van der Waals surface area contributed by atoms with Gasteiger partial charge in [-0.05, 0) is 29.0 Å². The van der Waals surface area contributed by atoms with Crippen molar-refractivity contribution in [2.45, 2.75) is 26.2 Å². The number of benzene rings is 1. The van der Waals surface area contributed by atoms with E-state index < -0.39 is 0 Å². The minimum atomic E-state index is -0.345. The molecular weight excluding hydrogens is 259 g/mol. The Kier molecular flexibility index (Phi) is 4.23. The molecule has 1 aromatic carbocycles. The van der Waals surface area contributed by atoms with Crippen LogP contribution >= 0.6 is 11.8 Å². The van der Waals surface area contributed by atoms with Crippen LogP contribution in [-0.2, 0) is 4.74 Å². The van der Waals surface area contributed by atoms with Gasteiger partial charge in [-0.2, -0.15) is 0 Å². The number of ether oxygens (including phenoxy) is 1. The van der Waals surface area contributed by atoms with Gasteiger partial charge in [-0.25, -0.2) is 4.39 Å². The van der Waals surface area contributed by atoms with Crippen LogP contribution in [0.5, 0.6) is 0 Å². The molecule has 2 unspecified atom stereocenters. The standard InChI is InChI=1S/C16H19FOS/c1-5-11-6-7-12(8-14(11)17)15-18-9-13(10-19-15)16(2,3)4/h1,6-8,13,15H,9-10H2,2-4H3.